The van der Waals surface area contributed by atoms with Gasteiger partial charge in [-0.1, -0.05) is 57.9 Å². The number of unbranched alkanes of at least 4 members (excludes halogenated alkanes) is 6. The average Bonchev–Trinajstić information content (AvgIpc) is 3.37. The first-order chi connectivity index (χ1) is 23.8. The van der Waals surface area contributed by atoms with Gasteiger partial charge >= 0.3 is 18.1 Å². The van der Waals surface area contributed by atoms with Crippen molar-refractivity contribution >= 4 is 29.2 Å². The molecule has 7 unspecified atom stereocenters. The van der Waals surface area contributed by atoms with Crippen LogP contribution < -0.4 is 4.74 Å². The highest BCUT2D eigenvalue weighted by Crippen LogP contribution is 2.62. The lowest BCUT2D eigenvalue weighted by Crippen LogP contribution is -2.47. The van der Waals surface area contributed by atoms with Gasteiger partial charge in [0.05, 0.1) is 12.6 Å². The molecular weight excluding hydrogens is 709 g/mol. The molecule has 1 saturated heterocycles. The number of alkyl halides is 5. The molecule has 5 rings (SSSR count). The van der Waals surface area contributed by atoms with Gasteiger partial charge in [0.2, 0.25) is 0 Å². The van der Waals surface area contributed by atoms with Crippen LogP contribution in [0.2, 0.25) is 0 Å². The molecular formula is C39H59ClF5NO4S. The molecule has 0 aromatic heterocycles. The Morgan fingerprint density at radius 1 is 0.941 bits per heavy atom. The van der Waals surface area contributed by atoms with Crippen molar-refractivity contribution in [3.63, 3.8) is 0 Å². The molecule has 2 saturated carbocycles. The second-order valence-corrected chi connectivity index (χ2v) is 17.7. The molecule has 1 aliphatic heterocycles. The van der Waals surface area contributed by atoms with Gasteiger partial charge in [-0.3, -0.25) is 13.9 Å². The summed E-state index contributed by atoms with van der Waals surface area (Å²) >= 11 is 0. The standard InChI is InChI=1S/C39H58F5NO4S.ClH/c1-37-20-18-32-31-15-14-30(49-35(47)27-45-21-9-7-10-22-45)26-29(31)25-28(36(32)33(37)16-17-34(37)46)13-8-5-3-2-4-6-11-23-50(48)24-12-19-38(40,41)39(42,43)44;/h14-15,26,28,32-34,36,46H,2-13,16-25,27H2,1H3;1H. The van der Waals surface area contributed by atoms with E-state index in [0.717, 1.165) is 103 Å². The van der Waals surface area contributed by atoms with Gasteiger partial charge in [0.15, 0.2) is 0 Å². The molecule has 3 fully saturated rings. The van der Waals surface area contributed by atoms with E-state index in [1.54, 1.807) is 0 Å². The number of piperidine rings is 1. The minimum atomic E-state index is -5.55. The number of rotatable bonds is 17. The molecule has 1 N–H and O–H groups in total. The van der Waals surface area contributed by atoms with Gasteiger partial charge in [-0.15, -0.1) is 12.4 Å². The van der Waals surface area contributed by atoms with Crippen LogP contribution in [-0.2, 0) is 22.0 Å². The van der Waals surface area contributed by atoms with Crippen molar-refractivity contribution in [3.05, 3.63) is 29.3 Å². The Balaban J connectivity index is 0.00000583. The zero-order valence-electron chi connectivity index (χ0n) is 30.2. The molecule has 0 bridgehead atoms. The summed E-state index contributed by atoms with van der Waals surface area (Å²) in [5.41, 5.74) is 2.71. The second kappa shape index (κ2) is 18.8. The minimum Gasteiger partial charge on any atom is -0.426 e. The Kier molecular flexibility index (Phi) is 15.7. The van der Waals surface area contributed by atoms with Gasteiger partial charge in [0.25, 0.3) is 0 Å². The van der Waals surface area contributed by atoms with Gasteiger partial charge in [0, 0.05) is 28.7 Å². The van der Waals surface area contributed by atoms with Crippen LogP contribution in [0.4, 0.5) is 22.0 Å². The summed E-state index contributed by atoms with van der Waals surface area (Å²) in [6.07, 6.45) is 9.17. The lowest BCUT2D eigenvalue weighted by Gasteiger charge is -2.53. The lowest BCUT2D eigenvalue weighted by molar-refractivity contribution is -0.284. The second-order valence-electron chi connectivity index (χ2n) is 16.0. The van der Waals surface area contributed by atoms with E-state index in [9.17, 15) is 36.1 Å². The molecule has 0 spiro atoms. The molecule has 4 aliphatic rings. The SMILES string of the molecule is CC12CCC3c4ccc(OC(=O)CN5CCCCC5)cc4CC(CCCCCCCCCS(=O)CCCC(F)(F)C(F)(F)F)C3C1CCC2O.Cl. The van der Waals surface area contributed by atoms with Crippen LogP contribution in [0.1, 0.15) is 133 Å². The highest BCUT2D eigenvalue weighted by atomic mass is 35.5. The number of ether oxygens (including phenoxy) is 1. The number of aliphatic hydroxyl groups is 1. The summed E-state index contributed by atoms with van der Waals surface area (Å²) in [4.78, 5) is 15.0. The Morgan fingerprint density at radius 3 is 2.31 bits per heavy atom. The maximum Gasteiger partial charge on any atom is 0.453 e. The Hall–Kier alpha value is -1.30. The van der Waals surface area contributed by atoms with E-state index in [4.69, 9.17) is 4.74 Å². The van der Waals surface area contributed by atoms with E-state index in [2.05, 4.69) is 24.0 Å². The van der Waals surface area contributed by atoms with Crippen molar-refractivity contribution in [2.24, 2.45) is 23.2 Å². The number of nitrogens with zero attached hydrogens (tertiary/aromatic N) is 1. The van der Waals surface area contributed by atoms with Crippen molar-refractivity contribution in [2.75, 3.05) is 31.1 Å². The van der Waals surface area contributed by atoms with E-state index >= 15 is 0 Å². The fraction of sp³-hybridized carbons (Fsp3) is 0.821. The maximum absolute atomic E-state index is 13.0. The van der Waals surface area contributed by atoms with Gasteiger partial charge < -0.3 is 9.84 Å². The van der Waals surface area contributed by atoms with Crippen LogP contribution in [0, 0.1) is 23.2 Å². The van der Waals surface area contributed by atoms with E-state index in [0.29, 0.717) is 48.1 Å². The number of likely N-dealkylation sites (tertiary alicyclic amines) is 1. The first kappa shape index (κ1) is 42.4. The third-order valence-corrected chi connectivity index (χ3v) is 14.1. The fourth-order valence-corrected chi connectivity index (χ4v) is 11.0. The molecule has 1 aromatic carbocycles. The van der Waals surface area contributed by atoms with Crippen LogP contribution in [0.25, 0.3) is 0 Å². The molecule has 1 aromatic rings. The molecule has 5 nitrogen and oxygen atoms in total. The zero-order valence-corrected chi connectivity index (χ0v) is 31.8. The molecule has 51 heavy (non-hydrogen) atoms. The highest BCUT2D eigenvalue weighted by molar-refractivity contribution is 7.84. The van der Waals surface area contributed by atoms with Gasteiger partial charge in [-0.2, -0.15) is 22.0 Å². The molecule has 0 amide bonds. The number of benzene rings is 1. The van der Waals surface area contributed by atoms with Gasteiger partial charge in [-0.25, -0.2) is 0 Å². The van der Waals surface area contributed by atoms with E-state index < -0.39 is 35.7 Å². The molecule has 0 radical (unpaired) electrons. The summed E-state index contributed by atoms with van der Waals surface area (Å²) in [6, 6.07) is 6.32. The number of esters is 1. The normalized spacial score (nSPS) is 28.6. The number of halogens is 6. The molecule has 1 heterocycles. The predicted octanol–water partition coefficient (Wildman–Crippen LogP) is 9.79. The predicted molar refractivity (Wildman–Crippen MR) is 194 cm³/mol. The average molecular weight is 768 g/mol. The Labute approximate surface area is 310 Å². The lowest BCUT2D eigenvalue weighted by atomic mass is 9.52. The Bertz CT molecular complexity index is 1290. The fourth-order valence-electron chi connectivity index (χ4n) is 9.80. The summed E-state index contributed by atoms with van der Waals surface area (Å²) in [5.74, 6) is -1.99. The van der Waals surface area contributed by atoms with E-state index in [-0.39, 0.29) is 35.6 Å². The van der Waals surface area contributed by atoms with Crippen molar-refractivity contribution in [2.45, 2.75) is 147 Å². The quantitative estimate of drug-likeness (QED) is 0.0741. The molecule has 292 valence electrons. The summed E-state index contributed by atoms with van der Waals surface area (Å²) in [5, 5.41) is 11.0. The van der Waals surface area contributed by atoms with Crippen LogP contribution in [0.3, 0.4) is 0 Å². The van der Waals surface area contributed by atoms with Gasteiger partial charge in [-0.05, 0) is 130 Å². The number of hydrogen-bond donors (Lipinski definition) is 1. The van der Waals surface area contributed by atoms with Crippen molar-refractivity contribution in [3.8, 4) is 5.75 Å². The summed E-state index contributed by atoms with van der Waals surface area (Å²) in [7, 11) is -1.37. The summed E-state index contributed by atoms with van der Waals surface area (Å²) < 4.78 is 80.9. The smallest absolute Gasteiger partial charge is 0.426 e. The van der Waals surface area contributed by atoms with E-state index in [1.807, 2.05) is 6.07 Å². The van der Waals surface area contributed by atoms with Crippen LogP contribution in [0.5, 0.6) is 5.75 Å². The molecule has 12 heteroatoms. The van der Waals surface area contributed by atoms with Crippen LogP contribution >= 0.6 is 12.4 Å². The third-order valence-electron chi connectivity index (χ3n) is 12.6. The van der Waals surface area contributed by atoms with E-state index in [1.165, 1.54) is 17.5 Å². The van der Waals surface area contributed by atoms with Gasteiger partial charge in [0.1, 0.15) is 5.75 Å². The number of aliphatic hydroxyl groups excluding tert-OH is 1. The maximum atomic E-state index is 13.0. The monoisotopic (exact) mass is 767 g/mol. The highest BCUT2D eigenvalue weighted by Gasteiger charge is 2.57. The number of carbonyl (C=O) groups is 1. The summed E-state index contributed by atoms with van der Waals surface area (Å²) in [6.45, 7) is 4.55. The first-order valence-electron chi connectivity index (χ1n) is 19.3. The van der Waals surface area contributed by atoms with Crippen molar-refractivity contribution < 1.29 is 40.8 Å². The number of carbonyl (C=O) groups excluding carboxylic acids is 1. The first-order valence-corrected chi connectivity index (χ1v) is 20.8. The van der Waals surface area contributed by atoms with Crippen LogP contribution in [-0.4, -0.2) is 69.5 Å². The minimum absolute atomic E-state index is 0. The Morgan fingerprint density at radius 2 is 1.61 bits per heavy atom. The molecule has 3 aliphatic carbocycles. The van der Waals surface area contributed by atoms with Crippen molar-refractivity contribution in [1.82, 2.24) is 4.90 Å². The van der Waals surface area contributed by atoms with Crippen molar-refractivity contribution in [1.29, 1.82) is 0 Å². The zero-order chi connectivity index (χ0) is 35.9. The third kappa shape index (κ3) is 10.9. The molecule has 7 atom stereocenters. The number of hydrogen-bond acceptors (Lipinski definition) is 5. The number of fused-ring (bicyclic) bond motifs is 5. The largest absolute Gasteiger partial charge is 0.453 e. The topological polar surface area (TPSA) is 66.8 Å². The van der Waals surface area contributed by atoms with Crippen LogP contribution in [0.15, 0.2) is 18.2 Å².